The number of aromatic hydroxyl groups is 1. The van der Waals surface area contributed by atoms with Gasteiger partial charge in [0.25, 0.3) is 0 Å². The monoisotopic (exact) mass is 278 g/mol. The second kappa shape index (κ2) is 4.93. The smallest absolute Gasteiger partial charge is 0.206 e. The number of phenolic OH excluding ortho intramolecular Hbond substituents is 1. The van der Waals surface area contributed by atoms with Gasteiger partial charge < -0.3 is 9.84 Å². The Morgan fingerprint density at radius 3 is 2.21 bits per heavy atom. The number of phenols is 1. The van der Waals surface area contributed by atoms with Gasteiger partial charge in [0.05, 0.1) is 16.9 Å². The molecule has 2 aromatic rings. The number of benzene rings is 2. The number of aryl methyl sites for hydroxylation is 1. The number of hydrogen-bond acceptors (Lipinski definition) is 4. The first-order chi connectivity index (χ1) is 8.95. The molecule has 2 rings (SSSR count). The van der Waals surface area contributed by atoms with Gasteiger partial charge in [-0.15, -0.1) is 0 Å². The maximum atomic E-state index is 12.4. The summed E-state index contributed by atoms with van der Waals surface area (Å²) in [5, 5.41) is 9.33. The zero-order chi connectivity index (χ0) is 14.0. The lowest BCUT2D eigenvalue weighted by Crippen LogP contribution is -2.04. The van der Waals surface area contributed by atoms with Gasteiger partial charge in [0.2, 0.25) is 9.84 Å². The van der Waals surface area contributed by atoms with Crippen LogP contribution in [0.5, 0.6) is 11.5 Å². The standard InChI is InChI=1S/C14H14O4S/c1-10-9-11(15)3-8-14(10)19(16,17)13-6-4-12(18-2)5-7-13/h3-9,15H,1-2H3. The van der Waals surface area contributed by atoms with Crippen molar-refractivity contribution in [2.24, 2.45) is 0 Å². The van der Waals surface area contributed by atoms with E-state index in [4.69, 9.17) is 4.74 Å². The maximum absolute atomic E-state index is 12.4. The third kappa shape index (κ3) is 2.56. The van der Waals surface area contributed by atoms with Crippen LogP contribution in [0.15, 0.2) is 52.3 Å². The summed E-state index contributed by atoms with van der Waals surface area (Å²) in [4.78, 5) is 0.387. The Balaban J connectivity index is 2.52. The highest BCUT2D eigenvalue weighted by Gasteiger charge is 2.19. The molecule has 100 valence electrons. The van der Waals surface area contributed by atoms with E-state index in [1.807, 2.05) is 0 Å². The van der Waals surface area contributed by atoms with Crippen LogP contribution >= 0.6 is 0 Å². The van der Waals surface area contributed by atoms with Crippen LogP contribution in [0.2, 0.25) is 0 Å². The van der Waals surface area contributed by atoms with E-state index in [0.717, 1.165) is 0 Å². The summed E-state index contributed by atoms with van der Waals surface area (Å²) in [5.41, 5.74) is 0.510. The zero-order valence-corrected chi connectivity index (χ0v) is 11.4. The van der Waals surface area contributed by atoms with Crippen LogP contribution in [-0.4, -0.2) is 20.6 Å². The van der Waals surface area contributed by atoms with Crippen molar-refractivity contribution in [2.45, 2.75) is 16.7 Å². The number of rotatable bonds is 3. The van der Waals surface area contributed by atoms with Gasteiger partial charge in [-0.1, -0.05) is 0 Å². The fraction of sp³-hybridized carbons (Fsp3) is 0.143. The van der Waals surface area contributed by atoms with Crippen LogP contribution < -0.4 is 4.74 Å². The Kier molecular flexibility index (Phi) is 3.48. The first kappa shape index (κ1) is 13.4. The largest absolute Gasteiger partial charge is 0.508 e. The highest BCUT2D eigenvalue weighted by atomic mass is 32.2. The summed E-state index contributed by atoms with van der Waals surface area (Å²) in [6.45, 7) is 1.65. The quantitative estimate of drug-likeness (QED) is 0.937. The second-order valence-electron chi connectivity index (χ2n) is 4.13. The molecule has 0 atom stereocenters. The highest BCUT2D eigenvalue weighted by Crippen LogP contribution is 2.27. The third-order valence-corrected chi connectivity index (χ3v) is 4.75. The van der Waals surface area contributed by atoms with Crippen molar-refractivity contribution in [1.82, 2.24) is 0 Å². The van der Waals surface area contributed by atoms with Gasteiger partial charge in [0.15, 0.2) is 0 Å². The summed E-state index contributed by atoms with van der Waals surface area (Å²) in [7, 11) is -2.06. The van der Waals surface area contributed by atoms with E-state index in [0.29, 0.717) is 11.3 Å². The third-order valence-electron chi connectivity index (χ3n) is 2.82. The minimum absolute atomic E-state index is 0.0474. The molecular formula is C14H14O4S. The van der Waals surface area contributed by atoms with E-state index < -0.39 is 9.84 Å². The molecule has 1 N–H and O–H groups in total. The Bertz CT molecular complexity index is 688. The second-order valence-corrected chi connectivity index (χ2v) is 6.05. The summed E-state index contributed by atoms with van der Waals surface area (Å²) in [6.07, 6.45) is 0. The Hall–Kier alpha value is -2.01. The molecular weight excluding hydrogens is 264 g/mol. The van der Waals surface area contributed by atoms with Gasteiger partial charge in [0.1, 0.15) is 11.5 Å². The molecule has 0 unspecified atom stereocenters. The van der Waals surface area contributed by atoms with Gasteiger partial charge in [0, 0.05) is 0 Å². The average Bonchev–Trinajstić information content (AvgIpc) is 2.38. The van der Waals surface area contributed by atoms with Crippen molar-refractivity contribution in [3.8, 4) is 11.5 Å². The van der Waals surface area contributed by atoms with Gasteiger partial charge in [-0.3, -0.25) is 0 Å². The van der Waals surface area contributed by atoms with E-state index in [2.05, 4.69) is 0 Å². The van der Waals surface area contributed by atoms with Gasteiger partial charge in [-0.05, 0) is 55.0 Å². The minimum Gasteiger partial charge on any atom is -0.508 e. The van der Waals surface area contributed by atoms with Gasteiger partial charge in [-0.25, -0.2) is 8.42 Å². The molecule has 19 heavy (non-hydrogen) atoms. The molecule has 5 heteroatoms. The van der Waals surface area contributed by atoms with Crippen LogP contribution in [0.1, 0.15) is 5.56 Å². The summed E-state index contributed by atoms with van der Waals surface area (Å²) >= 11 is 0. The molecule has 0 aromatic heterocycles. The average molecular weight is 278 g/mol. The van der Waals surface area contributed by atoms with Crippen LogP contribution in [0.25, 0.3) is 0 Å². The predicted molar refractivity (Wildman–Crippen MR) is 71.3 cm³/mol. The lowest BCUT2D eigenvalue weighted by molar-refractivity contribution is 0.414. The normalized spacial score (nSPS) is 11.3. The summed E-state index contributed by atoms with van der Waals surface area (Å²) in [5.74, 6) is 0.646. The fourth-order valence-electron chi connectivity index (χ4n) is 1.82. The molecule has 0 radical (unpaired) electrons. The lowest BCUT2D eigenvalue weighted by atomic mass is 10.2. The molecule has 0 spiro atoms. The first-order valence-electron chi connectivity index (χ1n) is 5.64. The molecule has 0 aliphatic rings. The van der Waals surface area contributed by atoms with Crippen LogP contribution in [0.4, 0.5) is 0 Å². The predicted octanol–water partition coefficient (Wildman–Crippen LogP) is 2.54. The number of sulfone groups is 1. The zero-order valence-electron chi connectivity index (χ0n) is 10.6. The Morgan fingerprint density at radius 2 is 1.68 bits per heavy atom. The number of ether oxygens (including phenoxy) is 1. The lowest BCUT2D eigenvalue weighted by Gasteiger charge is -2.08. The topological polar surface area (TPSA) is 63.6 Å². The SMILES string of the molecule is COc1ccc(S(=O)(=O)c2ccc(O)cc2C)cc1. The maximum Gasteiger partial charge on any atom is 0.206 e. The van der Waals surface area contributed by atoms with Crippen molar-refractivity contribution in [1.29, 1.82) is 0 Å². The van der Waals surface area contributed by atoms with Crippen LogP contribution in [0, 0.1) is 6.92 Å². The molecule has 2 aromatic carbocycles. The number of methoxy groups -OCH3 is 1. The molecule has 0 saturated heterocycles. The van der Waals surface area contributed by atoms with Crippen molar-refractivity contribution < 1.29 is 18.3 Å². The molecule has 0 saturated carbocycles. The van der Waals surface area contributed by atoms with E-state index in [9.17, 15) is 13.5 Å². The van der Waals surface area contributed by atoms with Crippen molar-refractivity contribution >= 4 is 9.84 Å². The van der Waals surface area contributed by atoms with Crippen LogP contribution in [0.3, 0.4) is 0 Å². The summed E-state index contributed by atoms with van der Waals surface area (Å²) < 4.78 is 29.9. The van der Waals surface area contributed by atoms with Crippen molar-refractivity contribution in [3.63, 3.8) is 0 Å². The number of hydrogen-bond donors (Lipinski definition) is 1. The molecule has 0 heterocycles. The van der Waals surface area contributed by atoms with E-state index >= 15 is 0 Å². The molecule has 4 nitrogen and oxygen atoms in total. The molecule has 0 fully saturated rings. The molecule has 0 amide bonds. The first-order valence-corrected chi connectivity index (χ1v) is 7.12. The van der Waals surface area contributed by atoms with Crippen LogP contribution in [-0.2, 0) is 9.84 Å². The van der Waals surface area contributed by atoms with Crippen molar-refractivity contribution in [3.05, 3.63) is 48.0 Å². The van der Waals surface area contributed by atoms with Gasteiger partial charge in [-0.2, -0.15) is 0 Å². The van der Waals surface area contributed by atoms with Gasteiger partial charge >= 0.3 is 0 Å². The minimum atomic E-state index is -3.58. The van der Waals surface area contributed by atoms with E-state index in [-0.39, 0.29) is 15.5 Å². The molecule has 0 aliphatic heterocycles. The van der Waals surface area contributed by atoms with Crippen molar-refractivity contribution in [2.75, 3.05) is 7.11 Å². The Morgan fingerprint density at radius 1 is 1.05 bits per heavy atom. The summed E-state index contributed by atoms with van der Waals surface area (Å²) in [6, 6.07) is 10.4. The van der Waals surface area contributed by atoms with E-state index in [1.165, 1.54) is 37.4 Å². The fourth-order valence-corrected chi connectivity index (χ4v) is 3.30. The Labute approximate surface area is 112 Å². The van der Waals surface area contributed by atoms with E-state index in [1.54, 1.807) is 19.1 Å². The highest BCUT2D eigenvalue weighted by molar-refractivity contribution is 7.91. The molecule has 0 bridgehead atoms. The molecule has 0 aliphatic carbocycles.